The highest BCUT2D eigenvalue weighted by atomic mass is 19.4. The Kier molecular flexibility index (Phi) is 6.32. The summed E-state index contributed by atoms with van der Waals surface area (Å²) in [6.45, 7) is 0.768. The van der Waals surface area contributed by atoms with Gasteiger partial charge in [-0.05, 0) is 24.3 Å². The summed E-state index contributed by atoms with van der Waals surface area (Å²) in [4.78, 5) is 27.2. The van der Waals surface area contributed by atoms with E-state index < -0.39 is 17.3 Å². The molecule has 2 aromatic carbocycles. The highest BCUT2D eigenvalue weighted by Crippen LogP contribution is 2.33. The summed E-state index contributed by atoms with van der Waals surface area (Å²) in [6.07, 6.45) is -4.45. The minimum atomic E-state index is -4.45. The molecule has 0 radical (unpaired) electrons. The lowest BCUT2D eigenvalue weighted by Gasteiger charge is -2.12. The van der Waals surface area contributed by atoms with Crippen LogP contribution >= 0.6 is 0 Å². The van der Waals surface area contributed by atoms with Gasteiger partial charge in [0, 0.05) is 25.3 Å². The van der Waals surface area contributed by atoms with Crippen molar-refractivity contribution in [1.29, 1.82) is 0 Å². The lowest BCUT2D eigenvalue weighted by atomic mass is 10.1. The van der Waals surface area contributed by atoms with Gasteiger partial charge in [-0.25, -0.2) is 9.97 Å². The van der Waals surface area contributed by atoms with Crippen molar-refractivity contribution < 1.29 is 22.6 Å². The number of halogens is 3. The summed E-state index contributed by atoms with van der Waals surface area (Å²) in [5.41, 5.74) is 5.83. The molecule has 176 valence electrons. The number of alkyl halides is 3. The molecule has 0 spiro atoms. The Morgan fingerprint density at radius 1 is 1.09 bits per heavy atom. The number of hydrogen-bond donors (Lipinski definition) is 3. The van der Waals surface area contributed by atoms with Gasteiger partial charge in [0.2, 0.25) is 11.8 Å². The highest BCUT2D eigenvalue weighted by molar-refractivity contribution is 5.82. The molecule has 0 saturated heterocycles. The summed E-state index contributed by atoms with van der Waals surface area (Å²) in [6, 6.07) is 11.0. The first-order chi connectivity index (χ1) is 16.2. The predicted octanol–water partition coefficient (Wildman–Crippen LogP) is 3.83. The predicted molar refractivity (Wildman–Crippen MR) is 120 cm³/mol. The Morgan fingerprint density at radius 3 is 2.56 bits per heavy atom. The molecular formula is C22H19F3N6O3. The Labute approximate surface area is 190 Å². The summed E-state index contributed by atoms with van der Waals surface area (Å²) in [5, 5.41) is 2.98. The minimum Gasteiger partial charge on any atom is -0.436 e. The second kappa shape index (κ2) is 9.35. The fraction of sp³-hybridized carbons (Fsp3) is 0.182. The Balaban J connectivity index is 1.74. The number of nitrogens with zero attached hydrogens (tertiary/aromatic N) is 3. The number of nitrogens with one attached hydrogen (secondary N) is 2. The third-order valence-electron chi connectivity index (χ3n) is 4.73. The van der Waals surface area contributed by atoms with Crippen molar-refractivity contribution in [1.82, 2.24) is 19.9 Å². The number of hydrogen-bond acceptors (Lipinski definition) is 8. The van der Waals surface area contributed by atoms with E-state index in [9.17, 15) is 18.0 Å². The number of H-pyrrole nitrogens is 1. The van der Waals surface area contributed by atoms with Gasteiger partial charge in [0.25, 0.3) is 5.56 Å². The molecule has 0 saturated carbocycles. The number of aromatic nitrogens is 4. The van der Waals surface area contributed by atoms with Crippen LogP contribution in [0.1, 0.15) is 5.56 Å². The van der Waals surface area contributed by atoms with Crippen LogP contribution in [0.5, 0.6) is 11.6 Å². The molecule has 0 bridgehead atoms. The monoisotopic (exact) mass is 472 g/mol. The number of aromatic amines is 1. The molecule has 4 rings (SSSR count). The maximum Gasteiger partial charge on any atom is 0.416 e. The van der Waals surface area contributed by atoms with Crippen LogP contribution in [0.4, 0.5) is 24.9 Å². The molecule has 0 aliphatic carbocycles. The van der Waals surface area contributed by atoms with Crippen molar-refractivity contribution in [2.75, 3.05) is 31.3 Å². The van der Waals surface area contributed by atoms with Crippen molar-refractivity contribution in [2.24, 2.45) is 0 Å². The van der Waals surface area contributed by atoms with E-state index in [-0.39, 0.29) is 23.4 Å². The number of nitrogen functional groups attached to an aromatic ring is 1. The maximum absolute atomic E-state index is 12.9. The highest BCUT2D eigenvalue weighted by Gasteiger charge is 2.30. The molecule has 0 fully saturated rings. The molecule has 2 heterocycles. The fourth-order valence-electron chi connectivity index (χ4n) is 3.09. The molecule has 9 nitrogen and oxygen atoms in total. The average Bonchev–Trinajstić information content (AvgIpc) is 2.80. The second-order valence-corrected chi connectivity index (χ2v) is 7.12. The van der Waals surface area contributed by atoms with E-state index in [1.165, 1.54) is 18.2 Å². The number of ether oxygens (including phenoxy) is 2. The normalized spacial score (nSPS) is 11.5. The van der Waals surface area contributed by atoms with E-state index in [4.69, 9.17) is 15.2 Å². The zero-order valence-electron chi connectivity index (χ0n) is 17.8. The number of methoxy groups -OCH3 is 1. The first-order valence-electron chi connectivity index (χ1n) is 10.0. The molecule has 0 atom stereocenters. The molecule has 4 N–H and O–H groups in total. The van der Waals surface area contributed by atoms with Crippen molar-refractivity contribution in [3.8, 4) is 22.9 Å². The van der Waals surface area contributed by atoms with Crippen LogP contribution in [0.3, 0.4) is 0 Å². The molecule has 4 aromatic rings. The summed E-state index contributed by atoms with van der Waals surface area (Å²) in [7, 11) is 1.54. The largest absolute Gasteiger partial charge is 0.436 e. The van der Waals surface area contributed by atoms with Crippen LogP contribution in [0.25, 0.3) is 22.3 Å². The topological polar surface area (TPSA) is 128 Å². The van der Waals surface area contributed by atoms with Gasteiger partial charge in [-0.3, -0.25) is 4.79 Å². The number of anilines is 2. The molecule has 0 amide bonds. The van der Waals surface area contributed by atoms with Crippen LogP contribution in [0.2, 0.25) is 0 Å². The van der Waals surface area contributed by atoms with E-state index >= 15 is 0 Å². The number of nitrogens with two attached hydrogens (primary N) is 1. The molecular weight excluding hydrogens is 453 g/mol. The zero-order chi connectivity index (χ0) is 24.3. The maximum atomic E-state index is 12.9. The van der Waals surface area contributed by atoms with Gasteiger partial charge in [0.05, 0.1) is 23.4 Å². The van der Waals surface area contributed by atoms with E-state index in [1.807, 2.05) is 0 Å². The second-order valence-electron chi connectivity index (χ2n) is 7.12. The van der Waals surface area contributed by atoms with Gasteiger partial charge in [-0.15, -0.1) is 0 Å². The van der Waals surface area contributed by atoms with Gasteiger partial charge in [0.1, 0.15) is 5.52 Å². The van der Waals surface area contributed by atoms with Crippen LogP contribution in [0, 0.1) is 0 Å². The quantitative estimate of drug-likeness (QED) is 0.346. The molecule has 0 aliphatic rings. The third kappa shape index (κ3) is 5.07. The summed E-state index contributed by atoms with van der Waals surface area (Å²) >= 11 is 0. The molecule has 0 unspecified atom stereocenters. The smallest absolute Gasteiger partial charge is 0.416 e. The lowest BCUT2D eigenvalue weighted by Crippen LogP contribution is -2.14. The van der Waals surface area contributed by atoms with Crippen LogP contribution < -0.4 is 21.3 Å². The van der Waals surface area contributed by atoms with Crippen molar-refractivity contribution in [3.63, 3.8) is 0 Å². The van der Waals surface area contributed by atoms with E-state index in [1.54, 1.807) is 25.3 Å². The zero-order valence-corrected chi connectivity index (χ0v) is 17.8. The molecule has 12 heteroatoms. The van der Waals surface area contributed by atoms with Gasteiger partial charge >= 0.3 is 6.18 Å². The minimum absolute atomic E-state index is 0.101. The van der Waals surface area contributed by atoms with Crippen LogP contribution in [0.15, 0.2) is 53.3 Å². The molecule has 0 aliphatic heterocycles. The van der Waals surface area contributed by atoms with Gasteiger partial charge in [-0.2, -0.15) is 18.2 Å². The van der Waals surface area contributed by atoms with Gasteiger partial charge in [-0.1, -0.05) is 18.2 Å². The van der Waals surface area contributed by atoms with E-state index in [0.717, 1.165) is 12.1 Å². The van der Waals surface area contributed by atoms with Crippen LogP contribution in [-0.4, -0.2) is 40.2 Å². The van der Waals surface area contributed by atoms with E-state index in [0.29, 0.717) is 35.4 Å². The summed E-state index contributed by atoms with van der Waals surface area (Å²) < 4.78 is 49.8. The molecule has 2 aromatic heterocycles. The number of fused-ring (bicyclic) bond motifs is 1. The molecule has 34 heavy (non-hydrogen) atoms. The fourth-order valence-corrected chi connectivity index (χ4v) is 3.09. The number of para-hydroxylation sites is 1. The standard InChI is InChI=1S/C22H19F3N6O3/c1-33-10-9-27-21-29-15(12-5-7-13(8-6-12)22(23,24)25)11-17(30-21)34-16-4-2-3-14-18(16)31-19(26)20(32)28-14/h2-8,11H,9-10H2,1H3,(H2,26,31)(H,28,32)(H,27,29,30). The Bertz CT molecular complexity index is 1370. The average molecular weight is 472 g/mol. The lowest BCUT2D eigenvalue weighted by molar-refractivity contribution is -0.137. The summed E-state index contributed by atoms with van der Waals surface area (Å²) in [5.74, 6) is 0.327. The first kappa shape index (κ1) is 23.0. The Hall–Kier alpha value is -4.19. The number of rotatable bonds is 7. The third-order valence-corrected chi connectivity index (χ3v) is 4.73. The first-order valence-corrected chi connectivity index (χ1v) is 10.0. The van der Waals surface area contributed by atoms with Crippen molar-refractivity contribution in [2.45, 2.75) is 6.18 Å². The van der Waals surface area contributed by atoms with Gasteiger partial charge in [0.15, 0.2) is 11.6 Å². The number of benzene rings is 2. The SMILES string of the molecule is COCCNc1nc(Oc2cccc3[nH]c(=O)c(N)nc23)cc(-c2ccc(C(F)(F)F)cc2)n1. The van der Waals surface area contributed by atoms with Crippen molar-refractivity contribution >= 4 is 22.8 Å². The van der Waals surface area contributed by atoms with Crippen molar-refractivity contribution in [3.05, 3.63) is 64.4 Å². The van der Waals surface area contributed by atoms with E-state index in [2.05, 4.69) is 25.3 Å². The van der Waals surface area contributed by atoms with Crippen LogP contribution in [-0.2, 0) is 10.9 Å². The Morgan fingerprint density at radius 2 is 1.85 bits per heavy atom. The van der Waals surface area contributed by atoms with Gasteiger partial charge < -0.3 is 25.5 Å².